The largest absolute Gasteiger partial charge is 0.369 e. The SMILES string of the molecule is CC(=O)Nc1ccc(C(=O)N=c2nc3c(Cl)cccc3c3n2CCN3)cn1. The van der Waals surface area contributed by atoms with E-state index in [-0.39, 0.29) is 11.5 Å². The number of halogens is 1. The second-order valence-electron chi connectivity index (χ2n) is 6.01. The Kier molecular flexibility index (Phi) is 4.33. The van der Waals surface area contributed by atoms with Crippen LogP contribution in [0.15, 0.2) is 41.5 Å². The molecule has 0 spiro atoms. The Morgan fingerprint density at radius 1 is 1.30 bits per heavy atom. The monoisotopic (exact) mass is 382 g/mol. The van der Waals surface area contributed by atoms with E-state index in [2.05, 4.69) is 25.6 Å². The number of para-hydroxylation sites is 1. The van der Waals surface area contributed by atoms with Gasteiger partial charge in [0.2, 0.25) is 11.5 Å². The van der Waals surface area contributed by atoms with Crippen molar-refractivity contribution >= 4 is 46.0 Å². The molecule has 2 aromatic heterocycles. The summed E-state index contributed by atoms with van der Waals surface area (Å²) in [5, 5.41) is 7.22. The normalized spacial score (nSPS) is 13.3. The number of rotatable bonds is 2. The van der Waals surface area contributed by atoms with Crippen LogP contribution in [0.2, 0.25) is 5.02 Å². The number of benzene rings is 1. The van der Waals surface area contributed by atoms with E-state index in [9.17, 15) is 9.59 Å². The van der Waals surface area contributed by atoms with Gasteiger partial charge < -0.3 is 10.6 Å². The smallest absolute Gasteiger partial charge is 0.281 e. The first-order valence-electron chi connectivity index (χ1n) is 8.28. The van der Waals surface area contributed by atoms with Gasteiger partial charge in [-0.05, 0) is 24.3 Å². The minimum absolute atomic E-state index is 0.233. The standard InChI is InChI=1S/C18H15ClN6O2/c1-10(26)22-14-6-5-11(9-21-14)17(27)24-18-23-15-12(3-2-4-13(15)19)16-20-7-8-25(16)18/h2-6,9,20H,7-8H2,1H3,(H,21,22,26). The van der Waals surface area contributed by atoms with Crippen LogP contribution in [0.5, 0.6) is 0 Å². The summed E-state index contributed by atoms with van der Waals surface area (Å²) in [7, 11) is 0. The van der Waals surface area contributed by atoms with Crippen LogP contribution in [0.3, 0.4) is 0 Å². The Labute approximate surface area is 158 Å². The molecular formula is C18H15ClN6O2. The Morgan fingerprint density at radius 2 is 2.15 bits per heavy atom. The molecule has 0 aliphatic carbocycles. The highest BCUT2D eigenvalue weighted by molar-refractivity contribution is 6.35. The zero-order valence-electron chi connectivity index (χ0n) is 14.4. The maximum atomic E-state index is 12.6. The van der Waals surface area contributed by atoms with Crippen LogP contribution in [0.25, 0.3) is 10.9 Å². The van der Waals surface area contributed by atoms with E-state index >= 15 is 0 Å². The maximum Gasteiger partial charge on any atom is 0.281 e. The van der Waals surface area contributed by atoms with Crippen LogP contribution >= 0.6 is 11.6 Å². The van der Waals surface area contributed by atoms with Gasteiger partial charge in [-0.3, -0.25) is 14.2 Å². The number of aromatic nitrogens is 3. The number of amides is 2. The fourth-order valence-electron chi connectivity index (χ4n) is 2.93. The summed E-state index contributed by atoms with van der Waals surface area (Å²) in [5.41, 5.74) is 1.17. The molecule has 3 heterocycles. The highest BCUT2D eigenvalue weighted by Gasteiger charge is 2.17. The van der Waals surface area contributed by atoms with Gasteiger partial charge in [-0.15, -0.1) is 0 Å². The Hall–Kier alpha value is -3.26. The number of nitrogens with zero attached hydrogens (tertiary/aromatic N) is 4. The van der Waals surface area contributed by atoms with Crippen molar-refractivity contribution in [2.24, 2.45) is 4.99 Å². The first-order valence-corrected chi connectivity index (χ1v) is 8.66. The number of carbonyl (C=O) groups excluding carboxylic acids is 2. The number of nitrogens with one attached hydrogen (secondary N) is 2. The van der Waals surface area contributed by atoms with Gasteiger partial charge in [-0.2, -0.15) is 4.99 Å². The summed E-state index contributed by atoms with van der Waals surface area (Å²) in [6.45, 7) is 2.76. The van der Waals surface area contributed by atoms with Gasteiger partial charge >= 0.3 is 0 Å². The lowest BCUT2D eigenvalue weighted by Gasteiger charge is -2.08. The zero-order valence-corrected chi connectivity index (χ0v) is 15.1. The Bertz CT molecular complexity index is 1140. The quantitative estimate of drug-likeness (QED) is 0.707. The number of hydrogen-bond donors (Lipinski definition) is 2. The van der Waals surface area contributed by atoms with Crippen LogP contribution in [0.1, 0.15) is 17.3 Å². The van der Waals surface area contributed by atoms with Gasteiger partial charge in [0.25, 0.3) is 5.91 Å². The third kappa shape index (κ3) is 3.26. The number of fused-ring (bicyclic) bond motifs is 3. The number of anilines is 2. The molecule has 0 bridgehead atoms. The first-order chi connectivity index (χ1) is 13.0. The van der Waals surface area contributed by atoms with Gasteiger partial charge in [0.05, 0.1) is 16.1 Å². The molecule has 4 rings (SSSR count). The maximum absolute atomic E-state index is 12.6. The number of hydrogen-bond acceptors (Lipinski definition) is 5. The summed E-state index contributed by atoms with van der Waals surface area (Å²) in [4.78, 5) is 36.3. The molecule has 9 heteroatoms. The molecule has 2 N–H and O–H groups in total. The zero-order chi connectivity index (χ0) is 19.0. The van der Waals surface area contributed by atoms with E-state index in [0.29, 0.717) is 28.5 Å². The predicted octanol–water partition coefficient (Wildman–Crippen LogP) is 2.21. The summed E-state index contributed by atoms with van der Waals surface area (Å²) in [6.07, 6.45) is 1.37. The van der Waals surface area contributed by atoms with Crippen molar-refractivity contribution in [3.63, 3.8) is 0 Å². The van der Waals surface area contributed by atoms with Crippen molar-refractivity contribution < 1.29 is 9.59 Å². The molecule has 2 amide bonds. The second kappa shape index (κ2) is 6.81. The molecule has 8 nitrogen and oxygen atoms in total. The Balaban J connectivity index is 1.78. The van der Waals surface area contributed by atoms with E-state index in [1.807, 2.05) is 16.7 Å². The van der Waals surface area contributed by atoms with Crippen LogP contribution in [0, 0.1) is 0 Å². The van der Waals surface area contributed by atoms with Gasteiger partial charge in [0.15, 0.2) is 0 Å². The fourth-order valence-corrected chi connectivity index (χ4v) is 3.15. The molecule has 27 heavy (non-hydrogen) atoms. The van der Waals surface area contributed by atoms with Gasteiger partial charge in [-0.25, -0.2) is 9.97 Å². The van der Waals surface area contributed by atoms with Crippen molar-refractivity contribution in [2.75, 3.05) is 17.2 Å². The van der Waals surface area contributed by atoms with Crippen LogP contribution < -0.4 is 16.3 Å². The number of pyridine rings is 1. The minimum Gasteiger partial charge on any atom is -0.369 e. The third-order valence-electron chi connectivity index (χ3n) is 4.11. The highest BCUT2D eigenvalue weighted by atomic mass is 35.5. The number of carbonyl (C=O) groups is 2. The predicted molar refractivity (Wildman–Crippen MR) is 102 cm³/mol. The van der Waals surface area contributed by atoms with Gasteiger partial charge in [-0.1, -0.05) is 17.7 Å². The minimum atomic E-state index is -0.475. The molecule has 0 saturated carbocycles. The third-order valence-corrected chi connectivity index (χ3v) is 4.41. The molecule has 0 atom stereocenters. The molecule has 136 valence electrons. The molecule has 0 fully saturated rings. The summed E-state index contributed by atoms with van der Waals surface area (Å²) >= 11 is 6.27. The van der Waals surface area contributed by atoms with Crippen LogP contribution in [0.4, 0.5) is 11.6 Å². The van der Waals surface area contributed by atoms with Crippen molar-refractivity contribution in [3.8, 4) is 0 Å². The lowest BCUT2D eigenvalue weighted by Crippen LogP contribution is -2.25. The average molecular weight is 383 g/mol. The molecule has 1 aliphatic rings. The van der Waals surface area contributed by atoms with Crippen molar-refractivity contribution in [1.29, 1.82) is 0 Å². The van der Waals surface area contributed by atoms with Crippen LogP contribution in [-0.4, -0.2) is 32.9 Å². The highest BCUT2D eigenvalue weighted by Crippen LogP contribution is 2.27. The molecule has 1 aliphatic heterocycles. The molecule has 0 saturated heterocycles. The fraction of sp³-hybridized carbons (Fsp3) is 0.167. The molecule has 3 aromatic rings. The molecular weight excluding hydrogens is 368 g/mol. The lowest BCUT2D eigenvalue weighted by molar-refractivity contribution is -0.114. The van der Waals surface area contributed by atoms with Crippen LogP contribution in [-0.2, 0) is 11.3 Å². The van der Waals surface area contributed by atoms with E-state index in [4.69, 9.17) is 11.6 Å². The molecule has 1 aromatic carbocycles. The second-order valence-corrected chi connectivity index (χ2v) is 6.41. The van der Waals surface area contributed by atoms with E-state index in [1.54, 1.807) is 18.2 Å². The summed E-state index contributed by atoms with van der Waals surface area (Å²) in [5.74, 6) is 0.502. The van der Waals surface area contributed by atoms with E-state index in [1.165, 1.54) is 13.1 Å². The lowest BCUT2D eigenvalue weighted by atomic mass is 10.2. The molecule has 0 unspecified atom stereocenters. The average Bonchev–Trinajstić information content (AvgIpc) is 3.13. The van der Waals surface area contributed by atoms with E-state index in [0.717, 1.165) is 17.7 Å². The first kappa shape index (κ1) is 17.2. The van der Waals surface area contributed by atoms with Crippen molar-refractivity contribution in [1.82, 2.24) is 14.5 Å². The summed E-state index contributed by atoms with van der Waals surface area (Å²) < 4.78 is 1.86. The summed E-state index contributed by atoms with van der Waals surface area (Å²) in [6, 6.07) is 8.64. The van der Waals surface area contributed by atoms with Gasteiger partial charge in [0.1, 0.15) is 11.6 Å². The Morgan fingerprint density at radius 3 is 2.89 bits per heavy atom. The van der Waals surface area contributed by atoms with Crippen molar-refractivity contribution in [3.05, 3.63) is 52.7 Å². The molecule has 0 radical (unpaired) electrons. The van der Waals surface area contributed by atoms with Gasteiger partial charge in [0, 0.05) is 31.6 Å². The van der Waals surface area contributed by atoms with Crippen molar-refractivity contribution in [2.45, 2.75) is 13.5 Å². The van der Waals surface area contributed by atoms with E-state index < -0.39 is 5.91 Å². The topological polar surface area (TPSA) is 101 Å².